The van der Waals surface area contributed by atoms with Crippen LogP contribution in [0.1, 0.15) is 30.4 Å². The van der Waals surface area contributed by atoms with Gasteiger partial charge in [-0.1, -0.05) is 0 Å². The van der Waals surface area contributed by atoms with Crippen molar-refractivity contribution in [2.45, 2.75) is 32.2 Å². The number of nitrogens with zero attached hydrogens (tertiary/aromatic N) is 2. The van der Waals surface area contributed by atoms with Gasteiger partial charge in [0.1, 0.15) is 0 Å². The Labute approximate surface area is 106 Å². The highest BCUT2D eigenvalue weighted by molar-refractivity contribution is 5.69. The summed E-state index contributed by atoms with van der Waals surface area (Å²) < 4.78 is 0. The summed E-state index contributed by atoms with van der Waals surface area (Å²) >= 11 is 0. The van der Waals surface area contributed by atoms with Gasteiger partial charge in [-0.3, -0.25) is 4.79 Å². The molecule has 1 atom stereocenters. The largest absolute Gasteiger partial charge is 0.481 e. The maximum atomic E-state index is 10.8. The predicted molar refractivity (Wildman–Crippen MR) is 68.5 cm³/mol. The molecule has 1 fully saturated rings. The van der Waals surface area contributed by atoms with Crippen LogP contribution in [-0.4, -0.2) is 23.7 Å². The molecule has 1 aliphatic heterocycles. The Balaban J connectivity index is 2.23. The number of hydrogen-bond acceptors (Lipinski definition) is 3. The normalized spacial score (nSPS) is 18.7. The standard InChI is InChI=1S/C14H16N2O2/c1-10-7-13(5-4-11(10)9-15)16-6-2-3-12(16)8-14(17)18/h4-5,7,12H,2-3,6,8H2,1H3,(H,17,18). The Kier molecular flexibility index (Phi) is 3.52. The quantitative estimate of drug-likeness (QED) is 0.886. The third-order valence-electron chi connectivity index (χ3n) is 3.45. The number of carboxylic acids is 1. The molecule has 0 aromatic heterocycles. The van der Waals surface area contributed by atoms with Crippen LogP contribution in [0.3, 0.4) is 0 Å². The molecule has 1 heterocycles. The van der Waals surface area contributed by atoms with E-state index in [-0.39, 0.29) is 12.5 Å². The third kappa shape index (κ3) is 2.45. The number of anilines is 1. The van der Waals surface area contributed by atoms with E-state index < -0.39 is 5.97 Å². The monoisotopic (exact) mass is 244 g/mol. The molecule has 1 aromatic rings. The molecule has 0 aliphatic carbocycles. The minimum Gasteiger partial charge on any atom is -0.481 e. The van der Waals surface area contributed by atoms with E-state index in [4.69, 9.17) is 10.4 Å². The van der Waals surface area contributed by atoms with Gasteiger partial charge < -0.3 is 10.0 Å². The first-order chi connectivity index (χ1) is 8.61. The molecule has 1 saturated heterocycles. The van der Waals surface area contributed by atoms with E-state index in [1.165, 1.54) is 0 Å². The van der Waals surface area contributed by atoms with Gasteiger partial charge in [-0.2, -0.15) is 5.26 Å². The number of aliphatic carboxylic acids is 1. The molecule has 1 N–H and O–H groups in total. The van der Waals surface area contributed by atoms with Gasteiger partial charge in [-0.05, 0) is 43.5 Å². The second kappa shape index (κ2) is 5.09. The van der Waals surface area contributed by atoms with Crippen LogP contribution in [0.25, 0.3) is 0 Å². The predicted octanol–water partition coefficient (Wildman–Crippen LogP) is 2.31. The SMILES string of the molecule is Cc1cc(N2CCCC2CC(=O)O)ccc1C#N. The van der Waals surface area contributed by atoms with E-state index in [1.807, 2.05) is 19.1 Å². The van der Waals surface area contributed by atoms with Crippen LogP contribution in [0, 0.1) is 18.3 Å². The van der Waals surface area contributed by atoms with Crippen LogP contribution < -0.4 is 4.90 Å². The van der Waals surface area contributed by atoms with E-state index in [1.54, 1.807) is 6.07 Å². The molecule has 1 aromatic carbocycles. The molecule has 1 aliphatic rings. The molecular formula is C14H16N2O2. The van der Waals surface area contributed by atoms with Gasteiger partial charge in [0.05, 0.1) is 18.1 Å². The van der Waals surface area contributed by atoms with Crippen molar-refractivity contribution < 1.29 is 9.90 Å². The zero-order chi connectivity index (χ0) is 13.1. The molecule has 2 rings (SSSR count). The summed E-state index contributed by atoms with van der Waals surface area (Å²) in [6, 6.07) is 7.91. The van der Waals surface area contributed by atoms with Crippen LogP contribution in [0.4, 0.5) is 5.69 Å². The molecule has 0 saturated carbocycles. The lowest BCUT2D eigenvalue weighted by molar-refractivity contribution is -0.137. The summed E-state index contributed by atoms with van der Waals surface area (Å²) in [6.07, 6.45) is 2.13. The van der Waals surface area contributed by atoms with E-state index in [0.717, 1.165) is 30.6 Å². The van der Waals surface area contributed by atoms with Gasteiger partial charge in [-0.15, -0.1) is 0 Å². The average Bonchev–Trinajstić information content (AvgIpc) is 2.76. The molecule has 18 heavy (non-hydrogen) atoms. The summed E-state index contributed by atoms with van der Waals surface area (Å²) in [5, 5.41) is 17.8. The van der Waals surface area contributed by atoms with Crippen molar-refractivity contribution in [1.29, 1.82) is 5.26 Å². The molecule has 0 spiro atoms. The Morgan fingerprint density at radius 2 is 2.39 bits per heavy atom. The number of nitriles is 1. The van der Waals surface area contributed by atoms with E-state index in [2.05, 4.69) is 11.0 Å². The minimum absolute atomic E-state index is 0.0786. The Bertz CT molecular complexity index is 505. The molecule has 4 heteroatoms. The van der Waals surface area contributed by atoms with Crippen molar-refractivity contribution in [3.05, 3.63) is 29.3 Å². The molecule has 0 radical (unpaired) electrons. The maximum absolute atomic E-state index is 10.8. The Hall–Kier alpha value is -2.02. The van der Waals surface area contributed by atoms with Gasteiger partial charge in [0.15, 0.2) is 0 Å². The fourth-order valence-electron chi connectivity index (χ4n) is 2.54. The van der Waals surface area contributed by atoms with Crippen molar-refractivity contribution in [3.8, 4) is 6.07 Å². The smallest absolute Gasteiger partial charge is 0.305 e. The topological polar surface area (TPSA) is 64.3 Å². The fraction of sp³-hybridized carbons (Fsp3) is 0.429. The first-order valence-corrected chi connectivity index (χ1v) is 6.11. The fourth-order valence-corrected chi connectivity index (χ4v) is 2.54. The van der Waals surface area contributed by atoms with Gasteiger partial charge in [0.25, 0.3) is 0 Å². The number of carbonyl (C=O) groups is 1. The summed E-state index contributed by atoms with van der Waals surface area (Å²) in [6.45, 7) is 2.80. The molecule has 94 valence electrons. The van der Waals surface area contributed by atoms with E-state index in [9.17, 15) is 4.79 Å². The lowest BCUT2D eigenvalue weighted by Gasteiger charge is -2.26. The van der Waals surface area contributed by atoms with Crippen molar-refractivity contribution in [2.24, 2.45) is 0 Å². The Morgan fingerprint density at radius 3 is 3.00 bits per heavy atom. The lowest BCUT2D eigenvalue weighted by Crippen LogP contribution is -2.31. The maximum Gasteiger partial charge on any atom is 0.305 e. The zero-order valence-corrected chi connectivity index (χ0v) is 10.4. The van der Waals surface area contributed by atoms with Crippen LogP contribution >= 0.6 is 0 Å². The summed E-state index contributed by atoms with van der Waals surface area (Å²) in [5.74, 6) is -0.753. The van der Waals surface area contributed by atoms with Gasteiger partial charge in [-0.25, -0.2) is 0 Å². The number of carboxylic acid groups (broad SMARTS) is 1. The van der Waals surface area contributed by atoms with Crippen molar-refractivity contribution >= 4 is 11.7 Å². The first-order valence-electron chi connectivity index (χ1n) is 6.11. The van der Waals surface area contributed by atoms with Crippen LogP contribution in [0.15, 0.2) is 18.2 Å². The highest BCUT2D eigenvalue weighted by Gasteiger charge is 2.26. The van der Waals surface area contributed by atoms with Crippen molar-refractivity contribution in [2.75, 3.05) is 11.4 Å². The molecule has 4 nitrogen and oxygen atoms in total. The van der Waals surface area contributed by atoms with E-state index in [0.29, 0.717) is 5.56 Å². The number of benzene rings is 1. The number of aryl methyl sites for hydroxylation is 1. The summed E-state index contributed by atoms with van der Waals surface area (Å²) in [5.41, 5.74) is 2.64. The van der Waals surface area contributed by atoms with Crippen LogP contribution in [-0.2, 0) is 4.79 Å². The second-order valence-corrected chi connectivity index (χ2v) is 4.70. The van der Waals surface area contributed by atoms with Gasteiger partial charge >= 0.3 is 5.97 Å². The number of hydrogen-bond donors (Lipinski definition) is 1. The minimum atomic E-state index is -0.753. The van der Waals surface area contributed by atoms with Gasteiger partial charge in [0, 0.05) is 18.3 Å². The lowest BCUT2D eigenvalue weighted by atomic mass is 10.1. The van der Waals surface area contributed by atoms with Crippen molar-refractivity contribution in [3.63, 3.8) is 0 Å². The summed E-state index contributed by atoms with van der Waals surface area (Å²) in [4.78, 5) is 13.0. The van der Waals surface area contributed by atoms with Crippen LogP contribution in [0.2, 0.25) is 0 Å². The zero-order valence-electron chi connectivity index (χ0n) is 10.4. The Morgan fingerprint density at radius 1 is 1.61 bits per heavy atom. The molecule has 1 unspecified atom stereocenters. The third-order valence-corrected chi connectivity index (χ3v) is 3.45. The van der Waals surface area contributed by atoms with Gasteiger partial charge in [0.2, 0.25) is 0 Å². The summed E-state index contributed by atoms with van der Waals surface area (Å²) in [7, 11) is 0. The molecule has 0 amide bonds. The van der Waals surface area contributed by atoms with Crippen LogP contribution in [0.5, 0.6) is 0 Å². The molecule has 0 bridgehead atoms. The molecular weight excluding hydrogens is 228 g/mol. The number of rotatable bonds is 3. The van der Waals surface area contributed by atoms with E-state index >= 15 is 0 Å². The second-order valence-electron chi connectivity index (χ2n) is 4.70. The highest BCUT2D eigenvalue weighted by Crippen LogP contribution is 2.28. The highest BCUT2D eigenvalue weighted by atomic mass is 16.4. The van der Waals surface area contributed by atoms with Crippen molar-refractivity contribution in [1.82, 2.24) is 0 Å². The average molecular weight is 244 g/mol. The first kappa shape index (κ1) is 12.4.